The number of aryl methyl sites for hydroxylation is 4. The van der Waals surface area contributed by atoms with Crippen molar-refractivity contribution in [3.8, 4) is 5.69 Å². The zero-order valence-corrected chi connectivity index (χ0v) is 18.7. The molecule has 7 heteroatoms. The van der Waals surface area contributed by atoms with Crippen molar-refractivity contribution >= 4 is 29.6 Å². The van der Waals surface area contributed by atoms with E-state index in [1.165, 1.54) is 11.6 Å². The van der Waals surface area contributed by atoms with Gasteiger partial charge in [-0.05, 0) is 81.7 Å². The summed E-state index contributed by atoms with van der Waals surface area (Å²) in [5, 5.41) is 6.89. The molecule has 1 aromatic heterocycles. The van der Waals surface area contributed by atoms with Crippen molar-refractivity contribution in [3.63, 3.8) is 0 Å². The summed E-state index contributed by atoms with van der Waals surface area (Å²) in [4.78, 5) is 39.2. The van der Waals surface area contributed by atoms with E-state index in [1.807, 2.05) is 58.9 Å². The molecule has 162 valence electrons. The van der Waals surface area contributed by atoms with E-state index in [0.29, 0.717) is 16.9 Å². The van der Waals surface area contributed by atoms with E-state index in [4.69, 9.17) is 0 Å². The van der Waals surface area contributed by atoms with Gasteiger partial charge in [-0.2, -0.15) is 5.10 Å². The molecule has 0 radical (unpaired) electrons. The topological polar surface area (TPSA) is 84.3 Å². The number of anilines is 1. The van der Waals surface area contributed by atoms with Gasteiger partial charge in [0, 0.05) is 11.3 Å². The number of nitrogens with one attached hydrogen (secondary N) is 1. The van der Waals surface area contributed by atoms with Gasteiger partial charge in [0.1, 0.15) is 5.57 Å². The first kappa shape index (κ1) is 21.2. The minimum Gasteiger partial charge on any atom is -0.273 e. The van der Waals surface area contributed by atoms with Gasteiger partial charge < -0.3 is 0 Å². The molecule has 4 amide bonds. The monoisotopic (exact) mass is 428 g/mol. The molecule has 4 rings (SSSR count). The number of nitrogens with zero attached hydrogens (tertiary/aromatic N) is 3. The normalized spacial score (nSPS) is 15.5. The molecule has 2 heterocycles. The summed E-state index contributed by atoms with van der Waals surface area (Å²) in [6, 6.07) is 12.3. The van der Waals surface area contributed by atoms with Crippen LogP contribution in [0.15, 0.2) is 48.0 Å². The molecular weight excluding hydrogens is 404 g/mol. The highest BCUT2D eigenvalue weighted by Gasteiger charge is 2.37. The molecule has 32 heavy (non-hydrogen) atoms. The van der Waals surface area contributed by atoms with Gasteiger partial charge in [0.15, 0.2) is 0 Å². The fourth-order valence-electron chi connectivity index (χ4n) is 3.78. The quantitative estimate of drug-likeness (QED) is 0.503. The van der Waals surface area contributed by atoms with Crippen molar-refractivity contribution in [2.45, 2.75) is 34.6 Å². The molecule has 2 aromatic carbocycles. The maximum Gasteiger partial charge on any atom is 0.335 e. The lowest BCUT2D eigenvalue weighted by Crippen LogP contribution is -2.54. The Hall–Kier alpha value is -4.00. The Morgan fingerprint density at radius 3 is 2.31 bits per heavy atom. The smallest absolute Gasteiger partial charge is 0.273 e. The van der Waals surface area contributed by atoms with Crippen LogP contribution in [-0.4, -0.2) is 27.6 Å². The number of hydrogen-bond acceptors (Lipinski definition) is 4. The van der Waals surface area contributed by atoms with Crippen molar-refractivity contribution in [3.05, 3.63) is 81.7 Å². The molecule has 0 spiro atoms. The fourth-order valence-corrected chi connectivity index (χ4v) is 3.78. The maximum absolute atomic E-state index is 13.2. The van der Waals surface area contributed by atoms with Crippen molar-refractivity contribution in [1.82, 2.24) is 15.1 Å². The second-order valence-corrected chi connectivity index (χ2v) is 8.06. The standard InChI is InChI=1S/C25H24N4O3/c1-14-7-6-8-19(11-14)28-24(31)22(23(30)26-25(28)32)13-21-17(4)27-29(18(21)5)20-10-9-15(2)16(3)12-20/h6-13H,1-5H3,(H,26,30,32)/b22-13+. The summed E-state index contributed by atoms with van der Waals surface area (Å²) >= 11 is 0. The summed E-state index contributed by atoms with van der Waals surface area (Å²) in [6.45, 7) is 9.66. The first-order valence-electron chi connectivity index (χ1n) is 10.3. The number of barbiturate groups is 1. The highest BCUT2D eigenvalue weighted by atomic mass is 16.2. The first-order chi connectivity index (χ1) is 15.2. The van der Waals surface area contributed by atoms with E-state index in [2.05, 4.69) is 10.4 Å². The number of imide groups is 2. The van der Waals surface area contributed by atoms with Gasteiger partial charge in [0.25, 0.3) is 11.8 Å². The average molecular weight is 428 g/mol. The summed E-state index contributed by atoms with van der Waals surface area (Å²) in [7, 11) is 0. The van der Waals surface area contributed by atoms with Gasteiger partial charge in [-0.25, -0.2) is 14.4 Å². The molecule has 0 saturated carbocycles. The van der Waals surface area contributed by atoms with Crippen molar-refractivity contribution in [2.24, 2.45) is 0 Å². The lowest BCUT2D eigenvalue weighted by Gasteiger charge is -2.26. The third kappa shape index (κ3) is 3.62. The van der Waals surface area contributed by atoms with Crippen LogP contribution in [0.25, 0.3) is 11.8 Å². The van der Waals surface area contributed by atoms with Crippen LogP contribution in [0.3, 0.4) is 0 Å². The van der Waals surface area contributed by atoms with Gasteiger partial charge in [-0.1, -0.05) is 18.2 Å². The predicted molar refractivity (Wildman–Crippen MR) is 123 cm³/mol. The van der Waals surface area contributed by atoms with Crippen LogP contribution in [0.4, 0.5) is 10.5 Å². The Morgan fingerprint density at radius 1 is 0.875 bits per heavy atom. The van der Waals surface area contributed by atoms with Gasteiger partial charge in [-0.3, -0.25) is 14.9 Å². The zero-order chi connectivity index (χ0) is 23.2. The number of hydrogen-bond donors (Lipinski definition) is 1. The maximum atomic E-state index is 13.2. The van der Waals surface area contributed by atoms with E-state index in [0.717, 1.165) is 27.4 Å². The minimum atomic E-state index is -0.762. The molecule has 1 fully saturated rings. The first-order valence-corrected chi connectivity index (χ1v) is 10.3. The van der Waals surface area contributed by atoms with Gasteiger partial charge >= 0.3 is 6.03 Å². The van der Waals surface area contributed by atoms with Gasteiger partial charge in [0.05, 0.1) is 17.1 Å². The fraction of sp³-hybridized carbons (Fsp3) is 0.200. The summed E-state index contributed by atoms with van der Waals surface area (Å²) in [6.07, 6.45) is 1.52. The minimum absolute atomic E-state index is 0.114. The third-order valence-corrected chi connectivity index (χ3v) is 5.73. The lowest BCUT2D eigenvalue weighted by molar-refractivity contribution is -0.122. The molecule has 1 aliphatic heterocycles. The molecule has 1 aliphatic rings. The lowest BCUT2D eigenvalue weighted by atomic mass is 10.0. The largest absolute Gasteiger partial charge is 0.335 e. The van der Waals surface area contributed by atoms with Crippen LogP contribution in [0.1, 0.15) is 33.6 Å². The number of rotatable bonds is 3. The van der Waals surface area contributed by atoms with E-state index in [-0.39, 0.29) is 5.57 Å². The van der Waals surface area contributed by atoms with Crippen molar-refractivity contribution in [1.29, 1.82) is 0 Å². The molecule has 0 atom stereocenters. The second kappa shape index (κ2) is 7.92. The molecule has 0 unspecified atom stereocenters. The molecule has 3 aromatic rings. The van der Waals surface area contributed by atoms with Crippen LogP contribution in [0, 0.1) is 34.6 Å². The molecular formula is C25H24N4O3. The van der Waals surface area contributed by atoms with E-state index in [1.54, 1.807) is 22.9 Å². The molecule has 7 nitrogen and oxygen atoms in total. The van der Waals surface area contributed by atoms with E-state index >= 15 is 0 Å². The number of carbonyl (C=O) groups excluding carboxylic acids is 3. The summed E-state index contributed by atoms with van der Waals surface area (Å²) in [5.41, 5.74) is 6.54. The van der Waals surface area contributed by atoms with Gasteiger partial charge in [0.2, 0.25) is 0 Å². The van der Waals surface area contributed by atoms with Crippen molar-refractivity contribution < 1.29 is 14.4 Å². The predicted octanol–water partition coefficient (Wildman–Crippen LogP) is 4.08. The van der Waals surface area contributed by atoms with Crippen LogP contribution < -0.4 is 10.2 Å². The highest BCUT2D eigenvalue weighted by molar-refractivity contribution is 6.39. The van der Waals surface area contributed by atoms with Crippen LogP contribution in [0.5, 0.6) is 0 Å². The molecule has 0 aliphatic carbocycles. The van der Waals surface area contributed by atoms with Crippen LogP contribution in [-0.2, 0) is 9.59 Å². The molecule has 0 bridgehead atoms. The number of carbonyl (C=O) groups is 3. The molecule has 1 saturated heterocycles. The number of urea groups is 1. The summed E-state index contributed by atoms with van der Waals surface area (Å²) < 4.78 is 1.79. The summed E-state index contributed by atoms with van der Waals surface area (Å²) in [5.74, 6) is -1.39. The zero-order valence-electron chi connectivity index (χ0n) is 18.7. The third-order valence-electron chi connectivity index (χ3n) is 5.73. The van der Waals surface area contributed by atoms with Gasteiger partial charge in [-0.15, -0.1) is 0 Å². The molecule has 1 N–H and O–H groups in total. The Balaban J connectivity index is 1.78. The highest BCUT2D eigenvalue weighted by Crippen LogP contribution is 2.26. The number of amides is 4. The number of benzene rings is 2. The SMILES string of the molecule is Cc1cccc(N2C(=O)NC(=O)/C(=C\c3c(C)nn(-c4ccc(C)c(C)c4)c3C)C2=O)c1. The van der Waals surface area contributed by atoms with E-state index < -0.39 is 17.8 Å². The number of aromatic nitrogens is 2. The van der Waals surface area contributed by atoms with Crippen LogP contribution in [0.2, 0.25) is 0 Å². The second-order valence-electron chi connectivity index (χ2n) is 8.06. The average Bonchev–Trinajstić information content (AvgIpc) is 3.01. The Bertz CT molecular complexity index is 1320. The Morgan fingerprint density at radius 2 is 1.62 bits per heavy atom. The van der Waals surface area contributed by atoms with Crippen LogP contribution >= 0.6 is 0 Å². The van der Waals surface area contributed by atoms with Crippen molar-refractivity contribution in [2.75, 3.05) is 4.90 Å². The van der Waals surface area contributed by atoms with E-state index in [9.17, 15) is 14.4 Å². The Labute approximate surface area is 186 Å². The Kier molecular flexibility index (Phi) is 5.26.